The van der Waals surface area contributed by atoms with Crippen LogP contribution in [0.2, 0.25) is 0 Å². The van der Waals surface area contributed by atoms with Crippen molar-refractivity contribution in [3.05, 3.63) is 0 Å². The Morgan fingerprint density at radius 3 is 2.16 bits per heavy atom. The molecule has 3 nitrogen and oxygen atoms in total. The average molecular weight is 284 g/mol. The maximum absolute atomic E-state index is 12.6. The number of nitrogens with two attached hydrogens (primary N) is 1. The van der Waals surface area contributed by atoms with E-state index in [1.54, 1.807) is 0 Å². The molecule has 2 fully saturated rings. The largest absolute Gasteiger partial charge is 0.354 e. The van der Waals surface area contributed by atoms with Crippen LogP contribution in [0.4, 0.5) is 0 Å². The SMILES string of the molecule is CSC1(CNC(=O)C2(CN)CCCCCC2)CCC1. The molecule has 2 aliphatic rings. The van der Waals surface area contributed by atoms with Crippen molar-refractivity contribution in [1.29, 1.82) is 0 Å². The summed E-state index contributed by atoms with van der Waals surface area (Å²) in [4.78, 5) is 12.6. The van der Waals surface area contributed by atoms with Crippen molar-refractivity contribution in [2.75, 3.05) is 19.3 Å². The van der Waals surface area contributed by atoms with E-state index in [2.05, 4.69) is 11.6 Å². The second kappa shape index (κ2) is 6.49. The van der Waals surface area contributed by atoms with Gasteiger partial charge in [-0.05, 0) is 31.9 Å². The first-order chi connectivity index (χ1) is 9.16. The molecule has 0 heterocycles. The van der Waals surface area contributed by atoms with Crippen LogP contribution in [0.3, 0.4) is 0 Å². The Kier molecular flexibility index (Phi) is 5.18. The standard InChI is InChI=1S/C15H28N2OS/c1-19-15(9-6-10-15)12-17-13(18)14(11-16)7-4-2-3-5-8-14/h2-12,16H2,1H3,(H,17,18). The van der Waals surface area contributed by atoms with E-state index in [9.17, 15) is 4.79 Å². The van der Waals surface area contributed by atoms with Gasteiger partial charge in [0.15, 0.2) is 0 Å². The lowest BCUT2D eigenvalue weighted by Gasteiger charge is -2.41. The molecule has 0 unspecified atom stereocenters. The number of nitrogens with one attached hydrogen (secondary N) is 1. The van der Waals surface area contributed by atoms with E-state index in [1.165, 1.54) is 32.1 Å². The molecule has 4 heteroatoms. The Bertz CT molecular complexity index is 302. The van der Waals surface area contributed by atoms with Crippen LogP contribution >= 0.6 is 11.8 Å². The monoisotopic (exact) mass is 284 g/mol. The third-order valence-corrected chi connectivity index (χ3v) is 6.62. The predicted octanol–water partition coefficient (Wildman–Crippen LogP) is 2.69. The molecule has 0 aromatic heterocycles. The van der Waals surface area contributed by atoms with Crippen molar-refractivity contribution in [3.8, 4) is 0 Å². The number of rotatable bonds is 5. The highest BCUT2D eigenvalue weighted by Gasteiger charge is 2.40. The van der Waals surface area contributed by atoms with Crippen molar-refractivity contribution >= 4 is 17.7 Å². The Balaban J connectivity index is 1.92. The van der Waals surface area contributed by atoms with Crippen LogP contribution in [0.1, 0.15) is 57.8 Å². The zero-order valence-electron chi connectivity index (χ0n) is 12.2. The van der Waals surface area contributed by atoms with Crippen LogP contribution in [-0.2, 0) is 4.79 Å². The molecule has 110 valence electrons. The lowest BCUT2D eigenvalue weighted by molar-refractivity contribution is -0.131. The minimum atomic E-state index is -0.278. The molecule has 3 N–H and O–H groups in total. The molecule has 0 radical (unpaired) electrons. The lowest BCUT2D eigenvalue weighted by atomic mass is 9.78. The molecule has 2 aliphatic carbocycles. The van der Waals surface area contributed by atoms with Crippen molar-refractivity contribution in [2.45, 2.75) is 62.5 Å². The molecule has 19 heavy (non-hydrogen) atoms. The molecule has 0 bridgehead atoms. The van der Waals surface area contributed by atoms with Gasteiger partial charge in [0.05, 0.1) is 5.41 Å². The molecule has 0 aromatic rings. The second-order valence-corrected chi connectivity index (χ2v) is 7.60. The third kappa shape index (κ3) is 3.27. The van der Waals surface area contributed by atoms with Crippen LogP contribution in [0.15, 0.2) is 0 Å². The maximum atomic E-state index is 12.6. The van der Waals surface area contributed by atoms with Gasteiger partial charge in [0.25, 0.3) is 0 Å². The Morgan fingerprint density at radius 2 is 1.74 bits per heavy atom. The molecule has 2 rings (SSSR count). The van der Waals surface area contributed by atoms with Crippen LogP contribution in [-0.4, -0.2) is 30.0 Å². The highest BCUT2D eigenvalue weighted by Crippen LogP contribution is 2.42. The van der Waals surface area contributed by atoms with Crippen molar-refractivity contribution < 1.29 is 4.79 Å². The van der Waals surface area contributed by atoms with Crippen LogP contribution < -0.4 is 11.1 Å². The van der Waals surface area contributed by atoms with Crippen molar-refractivity contribution in [1.82, 2.24) is 5.32 Å². The summed E-state index contributed by atoms with van der Waals surface area (Å²) < 4.78 is 0.316. The summed E-state index contributed by atoms with van der Waals surface area (Å²) >= 11 is 1.91. The van der Waals surface area contributed by atoms with Gasteiger partial charge in [-0.1, -0.05) is 32.1 Å². The van der Waals surface area contributed by atoms with Gasteiger partial charge in [0.1, 0.15) is 0 Å². The molecule has 1 amide bonds. The van der Waals surface area contributed by atoms with E-state index < -0.39 is 0 Å². The van der Waals surface area contributed by atoms with E-state index in [0.717, 1.165) is 32.2 Å². The molecular weight excluding hydrogens is 256 g/mol. The topological polar surface area (TPSA) is 55.1 Å². The van der Waals surface area contributed by atoms with Crippen LogP contribution in [0.25, 0.3) is 0 Å². The smallest absolute Gasteiger partial charge is 0.227 e. The average Bonchev–Trinajstić information content (AvgIpc) is 2.64. The highest BCUT2D eigenvalue weighted by molar-refractivity contribution is 8.00. The number of carbonyl (C=O) groups is 1. The van der Waals surface area contributed by atoms with Gasteiger partial charge >= 0.3 is 0 Å². The van der Waals surface area contributed by atoms with Crippen molar-refractivity contribution in [3.63, 3.8) is 0 Å². The molecule has 0 aromatic carbocycles. The fourth-order valence-corrected chi connectivity index (χ4v) is 4.30. The maximum Gasteiger partial charge on any atom is 0.227 e. The van der Waals surface area contributed by atoms with Gasteiger partial charge in [0, 0.05) is 17.8 Å². The Hall–Kier alpha value is -0.220. The molecule has 0 aliphatic heterocycles. The summed E-state index contributed by atoms with van der Waals surface area (Å²) in [5, 5.41) is 3.23. The quantitative estimate of drug-likeness (QED) is 0.763. The normalized spacial score (nSPS) is 25.2. The zero-order chi connectivity index (χ0) is 13.8. The predicted molar refractivity (Wildman–Crippen MR) is 82.3 cm³/mol. The fraction of sp³-hybridized carbons (Fsp3) is 0.933. The molecule has 0 atom stereocenters. The first-order valence-electron chi connectivity index (χ1n) is 7.70. The van der Waals surface area contributed by atoms with Crippen LogP contribution in [0, 0.1) is 5.41 Å². The van der Waals surface area contributed by atoms with Gasteiger partial charge < -0.3 is 11.1 Å². The van der Waals surface area contributed by atoms with E-state index in [-0.39, 0.29) is 11.3 Å². The number of thioether (sulfide) groups is 1. The van der Waals surface area contributed by atoms with Gasteiger partial charge in [0.2, 0.25) is 5.91 Å². The van der Waals surface area contributed by atoms with E-state index in [1.807, 2.05) is 11.8 Å². The number of hydrogen-bond acceptors (Lipinski definition) is 3. The summed E-state index contributed by atoms with van der Waals surface area (Å²) in [6, 6.07) is 0. The highest BCUT2D eigenvalue weighted by atomic mass is 32.2. The van der Waals surface area contributed by atoms with E-state index in [4.69, 9.17) is 5.73 Å². The second-order valence-electron chi connectivity index (χ2n) is 6.32. The first-order valence-corrected chi connectivity index (χ1v) is 8.92. The lowest BCUT2D eigenvalue weighted by Crippen LogP contribution is -2.51. The zero-order valence-corrected chi connectivity index (χ0v) is 13.0. The molecule has 2 saturated carbocycles. The number of carbonyl (C=O) groups excluding carboxylic acids is 1. The Morgan fingerprint density at radius 1 is 1.11 bits per heavy atom. The first kappa shape index (κ1) is 15.2. The summed E-state index contributed by atoms with van der Waals surface area (Å²) in [5.74, 6) is 0.220. The van der Waals surface area contributed by atoms with E-state index in [0.29, 0.717) is 11.3 Å². The Labute approximate surface area is 121 Å². The van der Waals surface area contributed by atoms with Gasteiger partial charge in [-0.3, -0.25) is 4.79 Å². The van der Waals surface area contributed by atoms with Crippen molar-refractivity contribution in [2.24, 2.45) is 11.1 Å². The summed E-state index contributed by atoms with van der Waals surface area (Å²) in [5.41, 5.74) is 5.68. The van der Waals surface area contributed by atoms with E-state index >= 15 is 0 Å². The molecular formula is C15H28N2OS. The van der Waals surface area contributed by atoms with Gasteiger partial charge in [-0.15, -0.1) is 0 Å². The summed E-state index contributed by atoms with van der Waals surface area (Å²) in [6.45, 7) is 1.33. The number of amides is 1. The fourth-order valence-electron chi connectivity index (χ4n) is 3.38. The number of hydrogen-bond donors (Lipinski definition) is 2. The van der Waals surface area contributed by atoms with Gasteiger partial charge in [-0.25, -0.2) is 0 Å². The minimum absolute atomic E-state index is 0.220. The summed E-state index contributed by atoms with van der Waals surface area (Å²) in [7, 11) is 0. The third-order valence-electron chi connectivity index (χ3n) is 5.20. The minimum Gasteiger partial charge on any atom is -0.354 e. The summed E-state index contributed by atoms with van der Waals surface area (Å²) in [6.07, 6.45) is 12.7. The molecule has 0 saturated heterocycles. The molecule has 0 spiro atoms. The van der Waals surface area contributed by atoms with Crippen LogP contribution in [0.5, 0.6) is 0 Å². The van der Waals surface area contributed by atoms with Gasteiger partial charge in [-0.2, -0.15) is 11.8 Å².